The van der Waals surface area contributed by atoms with E-state index in [0.29, 0.717) is 17.9 Å². The molecule has 0 radical (unpaired) electrons. The third-order valence-electron chi connectivity index (χ3n) is 5.01. The minimum absolute atomic E-state index is 0.349. The van der Waals surface area contributed by atoms with Crippen molar-refractivity contribution in [3.63, 3.8) is 0 Å². The molecule has 2 rings (SSSR count). The van der Waals surface area contributed by atoms with Crippen LogP contribution in [-0.4, -0.2) is 12.7 Å². The summed E-state index contributed by atoms with van der Waals surface area (Å²) in [6.07, 6.45) is 10.6. The Morgan fingerprint density at radius 2 is 1.47 bits per heavy atom. The maximum absolute atomic E-state index is 8.96. The van der Waals surface area contributed by atoms with Gasteiger partial charge < -0.3 is 4.74 Å². The lowest BCUT2D eigenvalue weighted by molar-refractivity contribution is -0.00418. The summed E-state index contributed by atoms with van der Waals surface area (Å²) < 4.78 is 5.97. The monoisotopic (exact) mass is 263 g/mol. The van der Waals surface area contributed by atoms with E-state index in [1.165, 1.54) is 38.5 Å². The molecular formula is C17H29NO. The topological polar surface area (TPSA) is 33.0 Å². The van der Waals surface area contributed by atoms with Crippen LogP contribution < -0.4 is 0 Å². The Kier molecular flexibility index (Phi) is 5.70. The Balaban J connectivity index is 1.67. The van der Waals surface area contributed by atoms with Crippen LogP contribution in [-0.2, 0) is 4.74 Å². The van der Waals surface area contributed by atoms with Crippen molar-refractivity contribution < 1.29 is 4.74 Å². The summed E-state index contributed by atoms with van der Waals surface area (Å²) in [5, 5.41) is 8.96. The van der Waals surface area contributed by atoms with Crippen molar-refractivity contribution in [2.45, 2.75) is 71.3 Å². The SMILES string of the molecule is CC(C)COC1CCC(C2CCC(C#N)CC2)CC1. The molecule has 19 heavy (non-hydrogen) atoms. The van der Waals surface area contributed by atoms with Crippen LogP contribution in [0.4, 0.5) is 0 Å². The molecule has 2 aliphatic carbocycles. The second kappa shape index (κ2) is 7.29. The van der Waals surface area contributed by atoms with Gasteiger partial charge in [-0.1, -0.05) is 13.8 Å². The van der Waals surface area contributed by atoms with Gasteiger partial charge in [-0.2, -0.15) is 5.26 Å². The number of rotatable bonds is 4. The predicted molar refractivity (Wildman–Crippen MR) is 77.6 cm³/mol. The van der Waals surface area contributed by atoms with Gasteiger partial charge in [0.25, 0.3) is 0 Å². The molecule has 108 valence electrons. The summed E-state index contributed by atoms with van der Waals surface area (Å²) in [5.74, 6) is 2.81. The highest BCUT2D eigenvalue weighted by molar-refractivity contribution is 4.89. The molecule has 0 bridgehead atoms. The first kappa shape index (κ1) is 14.9. The van der Waals surface area contributed by atoms with Gasteiger partial charge in [0.2, 0.25) is 0 Å². The lowest BCUT2D eigenvalue weighted by Crippen LogP contribution is -2.29. The zero-order valence-corrected chi connectivity index (χ0v) is 12.6. The molecule has 0 N–H and O–H groups in total. The molecule has 2 nitrogen and oxygen atoms in total. The van der Waals surface area contributed by atoms with Crippen molar-refractivity contribution in [1.82, 2.24) is 0 Å². The number of hydrogen-bond donors (Lipinski definition) is 0. The summed E-state index contributed by atoms with van der Waals surface area (Å²) in [4.78, 5) is 0. The van der Waals surface area contributed by atoms with Gasteiger partial charge in [-0.15, -0.1) is 0 Å². The molecule has 0 aliphatic heterocycles. The Morgan fingerprint density at radius 3 is 1.95 bits per heavy atom. The standard InChI is InChI=1S/C17H29NO/c1-13(2)12-19-17-9-7-16(8-10-17)15-5-3-14(11-18)4-6-15/h13-17H,3-10,12H2,1-2H3. The van der Waals surface area contributed by atoms with E-state index in [1.807, 2.05) is 0 Å². The maximum Gasteiger partial charge on any atom is 0.0655 e. The highest BCUT2D eigenvalue weighted by Crippen LogP contribution is 2.40. The minimum Gasteiger partial charge on any atom is -0.378 e. The van der Waals surface area contributed by atoms with E-state index in [-0.39, 0.29) is 0 Å². The molecule has 2 fully saturated rings. The lowest BCUT2D eigenvalue weighted by Gasteiger charge is -2.36. The van der Waals surface area contributed by atoms with Crippen LogP contribution in [0.3, 0.4) is 0 Å². The zero-order valence-electron chi connectivity index (χ0n) is 12.6. The maximum atomic E-state index is 8.96. The van der Waals surface area contributed by atoms with Gasteiger partial charge in [-0.25, -0.2) is 0 Å². The number of nitrogens with zero attached hydrogens (tertiary/aromatic N) is 1. The second-order valence-corrected chi connectivity index (χ2v) is 7.00. The Bertz CT molecular complexity index is 291. The van der Waals surface area contributed by atoms with Gasteiger partial charge in [-0.05, 0) is 69.1 Å². The third kappa shape index (κ3) is 4.49. The van der Waals surface area contributed by atoms with Crippen LogP contribution in [0.2, 0.25) is 0 Å². The molecule has 0 aromatic heterocycles. The average molecular weight is 263 g/mol. The van der Waals surface area contributed by atoms with E-state index in [0.717, 1.165) is 31.3 Å². The summed E-state index contributed by atoms with van der Waals surface area (Å²) in [6.45, 7) is 5.36. The van der Waals surface area contributed by atoms with Crippen LogP contribution >= 0.6 is 0 Å². The van der Waals surface area contributed by atoms with Gasteiger partial charge in [0.1, 0.15) is 0 Å². The smallest absolute Gasteiger partial charge is 0.0655 e. The molecule has 0 atom stereocenters. The van der Waals surface area contributed by atoms with Gasteiger partial charge in [0, 0.05) is 12.5 Å². The minimum atomic E-state index is 0.349. The van der Waals surface area contributed by atoms with E-state index >= 15 is 0 Å². The second-order valence-electron chi connectivity index (χ2n) is 7.00. The molecular weight excluding hydrogens is 234 g/mol. The number of hydrogen-bond acceptors (Lipinski definition) is 2. The number of ether oxygens (including phenoxy) is 1. The number of nitriles is 1. The Labute approximate surface area is 118 Å². The molecule has 2 heteroatoms. The van der Waals surface area contributed by atoms with Crippen LogP contribution in [0.15, 0.2) is 0 Å². The quantitative estimate of drug-likeness (QED) is 0.745. The van der Waals surface area contributed by atoms with E-state index in [2.05, 4.69) is 19.9 Å². The van der Waals surface area contributed by atoms with Gasteiger partial charge in [0.05, 0.1) is 12.2 Å². The summed E-state index contributed by atoms with van der Waals surface area (Å²) in [7, 11) is 0. The molecule has 0 aromatic rings. The zero-order chi connectivity index (χ0) is 13.7. The van der Waals surface area contributed by atoms with E-state index < -0.39 is 0 Å². The van der Waals surface area contributed by atoms with Crippen molar-refractivity contribution in [2.75, 3.05) is 6.61 Å². The van der Waals surface area contributed by atoms with Crippen molar-refractivity contribution in [2.24, 2.45) is 23.7 Å². The van der Waals surface area contributed by atoms with E-state index in [4.69, 9.17) is 10.00 Å². The first-order valence-electron chi connectivity index (χ1n) is 8.20. The summed E-state index contributed by atoms with van der Waals surface area (Å²) >= 11 is 0. The van der Waals surface area contributed by atoms with Gasteiger partial charge in [-0.3, -0.25) is 0 Å². The predicted octanol–water partition coefficient (Wildman–Crippen LogP) is 4.55. The molecule has 0 aromatic carbocycles. The van der Waals surface area contributed by atoms with Crippen LogP contribution in [0.1, 0.15) is 65.2 Å². The first-order chi connectivity index (χ1) is 9.19. The summed E-state index contributed by atoms with van der Waals surface area (Å²) in [5.41, 5.74) is 0. The molecule has 0 saturated heterocycles. The third-order valence-corrected chi connectivity index (χ3v) is 5.01. The Morgan fingerprint density at radius 1 is 0.947 bits per heavy atom. The molecule has 0 heterocycles. The van der Waals surface area contributed by atoms with Gasteiger partial charge >= 0.3 is 0 Å². The fourth-order valence-corrected chi connectivity index (χ4v) is 3.77. The molecule has 0 amide bonds. The van der Waals surface area contributed by atoms with Crippen LogP contribution in [0.25, 0.3) is 0 Å². The van der Waals surface area contributed by atoms with Crippen molar-refractivity contribution in [3.8, 4) is 6.07 Å². The van der Waals surface area contributed by atoms with E-state index in [9.17, 15) is 0 Å². The average Bonchev–Trinajstić information content (AvgIpc) is 2.46. The molecule has 0 spiro atoms. The van der Waals surface area contributed by atoms with Crippen molar-refractivity contribution in [3.05, 3.63) is 0 Å². The van der Waals surface area contributed by atoms with Crippen LogP contribution in [0, 0.1) is 35.0 Å². The molecule has 2 aliphatic rings. The van der Waals surface area contributed by atoms with E-state index in [1.54, 1.807) is 0 Å². The lowest BCUT2D eigenvalue weighted by atomic mass is 9.71. The highest BCUT2D eigenvalue weighted by atomic mass is 16.5. The van der Waals surface area contributed by atoms with Crippen molar-refractivity contribution >= 4 is 0 Å². The highest BCUT2D eigenvalue weighted by Gasteiger charge is 2.31. The fourth-order valence-electron chi connectivity index (χ4n) is 3.77. The fraction of sp³-hybridized carbons (Fsp3) is 0.941. The molecule has 0 unspecified atom stereocenters. The largest absolute Gasteiger partial charge is 0.378 e. The molecule has 2 saturated carbocycles. The Hall–Kier alpha value is -0.550. The van der Waals surface area contributed by atoms with Crippen molar-refractivity contribution in [1.29, 1.82) is 5.26 Å². The van der Waals surface area contributed by atoms with Crippen LogP contribution in [0.5, 0.6) is 0 Å². The normalized spacial score (nSPS) is 36.1. The first-order valence-corrected chi connectivity index (χ1v) is 8.20. The van der Waals surface area contributed by atoms with Gasteiger partial charge in [0.15, 0.2) is 0 Å². The summed E-state index contributed by atoms with van der Waals surface area (Å²) in [6, 6.07) is 2.44.